The van der Waals surface area contributed by atoms with E-state index in [0.717, 1.165) is 0 Å². The third-order valence-corrected chi connectivity index (χ3v) is 1.78. The molecule has 1 aromatic rings. The summed E-state index contributed by atoms with van der Waals surface area (Å²) in [5.41, 5.74) is 0.00757. The van der Waals surface area contributed by atoms with E-state index in [1.807, 2.05) is 0 Å². The Kier molecular flexibility index (Phi) is 3.65. The summed E-state index contributed by atoms with van der Waals surface area (Å²) in [6, 6.07) is 7.14. The molecule has 0 fully saturated rings. The van der Waals surface area contributed by atoms with Gasteiger partial charge in [0.15, 0.2) is 0 Å². The van der Waals surface area contributed by atoms with Crippen molar-refractivity contribution in [3.63, 3.8) is 0 Å². The second kappa shape index (κ2) is 4.78. The molecule has 0 atom stereocenters. The van der Waals surface area contributed by atoms with Gasteiger partial charge in [-0.2, -0.15) is 13.2 Å². The molecule has 0 aromatic heterocycles. The van der Waals surface area contributed by atoms with Crippen molar-refractivity contribution >= 4 is 17.9 Å². The number of amides is 1. The number of para-hydroxylation sites is 1. The van der Waals surface area contributed by atoms with Gasteiger partial charge in [-0.05, 0) is 12.1 Å². The van der Waals surface area contributed by atoms with Gasteiger partial charge in [-0.3, -0.25) is 14.5 Å². The van der Waals surface area contributed by atoms with E-state index in [0.29, 0.717) is 4.90 Å². The third kappa shape index (κ3) is 2.82. The minimum Gasteiger partial charge on any atom is -0.297 e. The minimum atomic E-state index is -5.01. The van der Waals surface area contributed by atoms with Crippen LogP contribution in [0.3, 0.4) is 0 Å². The predicted molar refractivity (Wildman–Crippen MR) is 50.5 cm³/mol. The lowest BCUT2D eigenvalue weighted by Gasteiger charge is -2.20. The maximum Gasteiger partial charge on any atom is 0.471 e. The van der Waals surface area contributed by atoms with Gasteiger partial charge in [-0.15, -0.1) is 0 Å². The van der Waals surface area contributed by atoms with Gasteiger partial charge in [-0.1, -0.05) is 18.2 Å². The number of halogens is 3. The molecule has 0 bridgehead atoms. The van der Waals surface area contributed by atoms with Crippen LogP contribution in [0, 0.1) is 0 Å². The van der Waals surface area contributed by atoms with Crippen molar-refractivity contribution < 1.29 is 22.8 Å². The average Bonchev–Trinajstić information content (AvgIpc) is 2.25. The van der Waals surface area contributed by atoms with Crippen LogP contribution >= 0.6 is 0 Å². The fourth-order valence-electron chi connectivity index (χ4n) is 1.11. The standard InChI is InChI=1S/C10H7F3NO2/c11-10(12,13)9(16)14(6-7-15)8-4-2-1-3-5-8/h1-5H,6H2. The first-order chi connectivity index (χ1) is 7.46. The topological polar surface area (TPSA) is 37.4 Å². The van der Waals surface area contributed by atoms with Crippen molar-refractivity contribution in [3.05, 3.63) is 30.3 Å². The Morgan fingerprint density at radius 2 is 1.81 bits per heavy atom. The summed E-state index contributed by atoms with van der Waals surface area (Å²) < 4.78 is 36.6. The molecule has 0 saturated heterocycles. The summed E-state index contributed by atoms with van der Waals surface area (Å²) in [4.78, 5) is 21.4. The van der Waals surface area contributed by atoms with Crippen LogP contribution in [0.5, 0.6) is 0 Å². The highest BCUT2D eigenvalue weighted by Crippen LogP contribution is 2.22. The molecule has 1 radical (unpaired) electrons. The first-order valence-electron chi connectivity index (χ1n) is 4.25. The van der Waals surface area contributed by atoms with Crippen molar-refractivity contribution in [2.24, 2.45) is 0 Å². The molecule has 16 heavy (non-hydrogen) atoms. The van der Waals surface area contributed by atoms with Gasteiger partial charge in [-0.25, -0.2) is 0 Å². The van der Waals surface area contributed by atoms with E-state index < -0.39 is 18.6 Å². The van der Waals surface area contributed by atoms with E-state index in [1.165, 1.54) is 30.6 Å². The number of carbonyl (C=O) groups excluding carboxylic acids is 2. The number of rotatable bonds is 3. The molecule has 1 aromatic carbocycles. The molecule has 3 nitrogen and oxygen atoms in total. The van der Waals surface area contributed by atoms with Gasteiger partial charge in [0.1, 0.15) is 0 Å². The second-order valence-corrected chi connectivity index (χ2v) is 2.87. The third-order valence-electron chi connectivity index (χ3n) is 1.78. The van der Waals surface area contributed by atoms with Gasteiger partial charge < -0.3 is 0 Å². The lowest BCUT2D eigenvalue weighted by atomic mass is 10.3. The van der Waals surface area contributed by atoms with Crippen LogP contribution in [0.2, 0.25) is 0 Å². The lowest BCUT2D eigenvalue weighted by Crippen LogP contribution is -2.42. The molecular formula is C10H7F3NO2. The molecule has 0 N–H and O–H groups in total. The van der Waals surface area contributed by atoms with E-state index in [4.69, 9.17) is 0 Å². The zero-order chi connectivity index (χ0) is 12.2. The van der Waals surface area contributed by atoms with Gasteiger partial charge in [0.2, 0.25) is 6.29 Å². The Balaban J connectivity index is 3.01. The zero-order valence-electron chi connectivity index (χ0n) is 7.99. The number of nitrogens with zero attached hydrogens (tertiary/aromatic N) is 1. The van der Waals surface area contributed by atoms with E-state index in [2.05, 4.69) is 0 Å². The molecule has 0 aliphatic carbocycles. The first-order valence-corrected chi connectivity index (χ1v) is 4.25. The smallest absolute Gasteiger partial charge is 0.297 e. The second-order valence-electron chi connectivity index (χ2n) is 2.87. The fourth-order valence-corrected chi connectivity index (χ4v) is 1.11. The normalized spacial score (nSPS) is 10.9. The van der Waals surface area contributed by atoms with E-state index in [9.17, 15) is 22.8 Å². The van der Waals surface area contributed by atoms with Crippen LogP contribution < -0.4 is 4.90 Å². The monoisotopic (exact) mass is 230 g/mol. The van der Waals surface area contributed by atoms with Crippen molar-refractivity contribution in [2.75, 3.05) is 11.4 Å². The van der Waals surface area contributed by atoms with Crippen molar-refractivity contribution in [1.82, 2.24) is 0 Å². The van der Waals surface area contributed by atoms with Crippen LogP contribution in [-0.4, -0.2) is 24.9 Å². The number of anilines is 1. The van der Waals surface area contributed by atoms with E-state index >= 15 is 0 Å². The maximum atomic E-state index is 12.2. The molecule has 0 aliphatic heterocycles. The van der Waals surface area contributed by atoms with E-state index in [-0.39, 0.29) is 5.69 Å². The molecule has 0 heterocycles. The summed E-state index contributed by atoms with van der Waals surface area (Å²) in [5, 5.41) is 0. The van der Waals surface area contributed by atoms with Gasteiger partial charge in [0.25, 0.3) is 0 Å². The Hall–Kier alpha value is -1.85. The number of alkyl halides is 3. The maximum absolute atomic E-state index is 12.2. The zero-order valence-corrected chi connectivity index (χ0v) is 7.99. The van der Waals surface area contributed by atoms with Crippen molar-refractivity contribution in [3.8, 4) is 0 Å². The highest BCUT2D eigenvalue weighted by molar-refractivity contribution is 5.99. The largest absolute Gasteiger partial charge is 0.471 e. The summed E-state index contributed by atoms with van der Waals surface area (Å²) in [6.45, 7) is -0.748. The number of benzene rings is 1. The van der Waals surface area contributed by atoms with Gasteiger partial charge in [0.05, 0.1) is 6.54 Å². The lowest BCUT2D eigenvalue weighted by molar-refractivity contribution is -0.170. The van der Waals surface area contributed by atoms with Crippen LogP contribution in [0.4, 0.5) is 18.9 Å². The van der Waals surface area contributed by atoms with Crippen LogP contribution in [-0.2, 0) is 9.59 Å². The molecular weight excluding hydrogens is 223 g/mol. The predicted octanol–water partition coefficient (Wildman–Crippen LogP) is 1.69. The van der Waals surface area contributed by atoms with Crippen molar-refractivity contribution in [2.45, 2.75) is 6.18 Å². The highest BCUT2D eigenvalue weighted by atomic mass is 19.4. The molecule has 0 unspecified atom stereocenters. The summed E-state index contributed by atoms with van der Waals surface area (Å²) in [5.74, 6) is -2.08. The highest BCUT2D eigenvalue weighted by Gasteiger charge is 2.42. The van der Waals surface area contributed by atoms with Crippen molar-refractivity contribution in [1.29, 1.82) is 0 Å². The fraction of sp³-hybridized carbons (Fsp3) is 0.200. The molecule has 6 heteroatoms. The first kappa shape index (κ1) is 12.2. The quantitative estimate of drug-likeness (QED) is 0.792. The molecule has 0 aliphatic rings. The molecule has 1 amide bonds. The molecule has 0 spiro atoms. The summed E-state index contributed by atoms with van der Waals surface area (Å²) in [6.07, 6.45) is -3.73. The van der Waals surface area contributed by atoms with Gasteiger partial charge in [0, 0.05) is 5.69 Å². The Morgan fingerprint density at radius 1 is 1.25 bits per heavy atom. The SMILES string of the molecule is O=[C]CN(C(=O)C(F)(F)F)c1ccccc1. The summed E-state index contributed by atoms with van der Waals surface area (Å²) >= 11 is 0. The molecule has 85 valence electrons. The average molecular weight is 230 g/mol. The number of hydrogen-bond acceptors (Lipinski definition) is 2. The Bertz CT molecular complexity index is 375. The van der Waals surface area contributed by atoms with Crippen LogP contribution in [0.1, 0.15) is 0 Å². The van der Waals surface area contributed by atoms with E-state index in [1.54, 1.807) is 6.07 Å². The van der Waals surface area contributed by atoms with Crippen LogP contribution in [0.25, 0.3) is 0 Å². The van der Waals surface area contributed by atoms with Gasteiger partial charge >= 0.3 is 12.1 Å². The number of carbonyl (C=O) groups is 1. The number of hydrogen-bond donors (Lipinski definition) is 0. The Morgan fingerprint density at radius 3 is 2.25 bits per heavy atom. The molecule has 1 rings (SSSR count). The summed E-state index contributed by atoms with van der Waals surface area (Å²) in [7, 11) is 0. The Labute approximate surface area is 89.5 Å². The molecule has 0 saturated carbocycles. The minimum absolute atomic E-state index is 0.00757. The van der Waals surface area contributed by atoms with Crippen LogP contribution in [0.15, 0.2) is 30.3 Å².